The first-order valence-corrected chi connectivity index (χ1v) is 6.84. The molecule has 0 amide bonds. The lowest BCUT2D eigenvalue weighted by Gasteiger charge is -2.25. The lowest BCUT2D eigenvalue weighted by molar-refractivity contribution is 0.156. The molecule has 108 valence electrons. The van der Waals surface area contributed by atoms with Gasteiger partial charge >= 0.3 is 0 Å². The van der Waals surface area contributed by atoms with Gasteiger partial charge in [0.1, 0.15) is 17.7 Å². The van der Waals surface area contributed by atoms with Crippen LogP contribution in [0.15, 0.2) is 23.4 Å². The lowest BCUT2D eigenvalue weighted by Crippen LogP contribution is -2.44. The summed E-state index contributed by atoms with van der Waals surface area (Å²) < 4.78 is 19.0. The van der Waals surface area contributed by atoms with Crippen molar-refractivity contribution >= 4 is 5.84 Å². The molecule has 2 atom stereocenters. The SMILES string of the molecule is NC(=NO)C1CCCN1CC1Cc2cc(F)ccc2O1. The van der Waals surface area contributed by atoms with Crippen LogP contribution in [0.5, 0.6) is 5.75 Å². The predicted octanol–water partition coefficient (Wildman–Crippen LogP) is 1.34. The van der Waals surface area contributed by atoms with Crippen molar-refractivity contribution in [2.75, 3.05) is 13.1 Å². The first-order chi connectivity index (χ1) is 9.67. The molecule has 1 aromatic carbocycles. The molecule has 1 aromatic rings. The van der Waals surface area contributed by atoms with Crippen LogP contribution in [0.2, 0.25) is 0 Å². The minimum absolute atomic E-state index is 0.00103. The van der Waals surface area contributed by atoms with Crippen molar-refractivity contribution in [3.8, 4) is 5.75 Å². The molecule has 20 heavy (non-hydrogen) atoms. The van der Waals surface area contributed by atoms with Crippen LogP contribution in [0.25, 0.3) is 0 Å². The van der Waals surface area contributed by atoms with Gasteiger partial charge in [0.25, 0.3) is 0 Å². The Kier molecular flexibility index (Phi) is 3.48. The van der Waals surface area contributed by atoms with E-state index in [2.05, 4.69) is 10.1 Å². The van der Waals surface area contributed by atoms with Crippen LogP contribution in [0.4, 0.5) is 4.39 Å². The summed E-state index contributed by atoms with van der Waals surface area (Å²) in [5, 5.41) is 11.9. The minimum atomic E-state index is -0.233. The molecule has 0 aromatic heterocycles. The number of hydrogen-bond acceptors (Lipinski definition) is 4. The second-order valence-corrected chi connectivity index (χ2v) is 5.37. The van der Waals surface area contributed by atoms with Crippen molar-refractivity contribution in [1.82, 2.24) is 4.90 Å². The zero-order valence-corrected chi connectivity index (χ0v) is 11.1. The third kappa shape index (κ3) is 2.43. The van der Waals surface area contributed by atoms with E-state index in [4.69, 9.17) is 15.7 Å². The van der Waals surface area contributed by atoms with E-state index in [-0.39, 0.29) is 23.8 Å². The quantitative estimate of drug-likeness (QED) is 0.379. The molecule has 6 heteroatoms. The van der Waals surface area contributed by atoms with Crippen LogP contribution in [0.3, 0.4) is 0 Å². The van der Waals surface area contributed by atoms with Crippen LogP contribution in [-0.2, 0) is 6.42 Å². The van der Waals surface area contributed by atoms with Crippen LogP contribution >= 0.6 is 0 Å². The Morgan fingerprint density at radius 2 is 2.40 bits per heavy atom. The number of oxime groups is 1. The summed E-state index contributed by atoms with van der Waals surface area (Å²) in [6, 6.07) is 4.59. The number of rotatable bonds is 3. The lowest BCUT2D eigenvalue weighted by atomic mass is 10.1. The number of hydrogen-bond donors (Lipinski definition) is 2. The highest BCUT2D eigenvalue weighted by Gasteiger charge is 2.32. The average Bonchev–Trinajstić information content (AvgIpc) is 3.04. The Hall–Kier alpha value is -1.82. The van der Waals surface area contributed by atoms with Gasteiger partial charge in [0.15, 0.2) is 5.84 Å². The molecule has 5 nitrogen and oxygen atoms in total. The number of nitrogens with zero attached hydrogens (tertiary/aromatic N) is 2. The Bertz CT molecular complexity index is 535. The fraction of sp³-hybridized carbons (Fsp3) is 0.500. The molecule has 3 N–H and O–H groups in total. The van der Waals surface area contributed by atoms with Gasteiger partial charge in [-0.15, -0.1) is 0 Å². The number of fused-ring (bicyclic) bond motifs is 1. The van der Waals surface area contributed by atoms with Crippen molar-refractivity contribution in [2.24, 2.45) is 10.9 Å². The van der Waals surface area contributed by atoms with Crippen LogP contribution in [-0.4, -0.2) is 41.2 Å². The van der Waals surface area contributed by atoms with Crippen molar-refractivity contribution < 1.29 is 14.3 Å². The molecular formula is C14H18FN3O2. The molecule has 1 saturated heterocycles. The molecular weight excluding hydrogens is 261 g/mol. The Labute approximate surface area is 116 Å². The van der Waals surface area contributed by atoms with E-state index in [0.717, 1.165) is 30.7 Å². The summed E-state index contributed by atoms with van der Waals surface area (Å²) in [6.07, 6.45) is 2.62. The zero-order valence-electron chi connectivity index (χ0n) is 11.1. The number of nitrogens with two attached hydrogens (primary N) is 1. The van der Waals surface area contributed by atoms with Gasteiger partial charge < -0.3 is 15.7 Å². The van der Waals surface area contributed by atoms with Gasteiger partial charge in [0.2, 0.25) is 0 Å². The first kappa shape index (κ1) is 13.2. The van der Waals surface area contributed by atoms with Crippen molar-refractivity contribution in [1.29, 1.82) is 0 Å². The molecule has 1 fully saturated rings. The third-order valence-corrected chi connectivity index (χ3v) is 4.02. The largest absolute Gasteiger partial charge is 0.488 e. The third-order valence-electron chi connectivity index (χ3n) is 4.02. The molecule has 2 unspecified atom stereocenters. The van der Waals surface area contributed by atoms with Crippen LogP contribution < -0.4 is 10.5 Å². The number of amidine groups is 1. The predicted molar refractivity (Wildman–Crippen MR) is 72.5 cm³/mol. The molecule has 2 heterocycles. The molecule has 0 aliphatic carbocycles. The average molecular weight is 279 g/mol. The maximum atomic E-state index is 13.2. The fourth-order valence-electron chi connectivity index (χ4n) is 3.10. The molecule has 0 bridgehead atoms. The molecule has 0 spiro atoms. The van der Waals surface area contributed by atoms with Gasteiger partial charge in [-0.25, -0.2) is 4.39 Å². The molecule has 3 rings (SSSR count). The van der Waals surface area contributed by atoms with Crippen LogP contribution in [0.1, 0.15) is 18.4 Å². The minimum Gasteiger partial charge on any atom is -0.488 e. The van der Waals surface area contributed by atoms with Gasteiger partial charge in [-0.1, -0.05) is 5.16 Å². The summed E-state index contributed by atoms with van der Waals surface area (Å²) in [5.74, 6) is 0.781. The van der Waals surface area contributed by atoms with E-state index in [9.17, 15) is 4.39 Å². The van der Waals surface area contributed by atoms with E-state index >= 15 is 0 Å². The highest BCUT2D eigenvalue weighted by molar-refractivity contribution is 5.85. The summed E-state index contributed by atoms with van der Waals surface area (Å²) in [6.45, 7) is 1.61. The van der Waals surface area contributed by atoms with Gasteiger partial charge in [-0.05, 0) is 37.6 Å². The summed E-state index contributed by atoms with van der Waals surface area (Å²) in [4.78, 5) is 2.17. The van der Waals surface area contributed by atoms with Crippen LogP contribution in [0, 0.1) is 5.82 Å². The second-order valence-electron chi connectivity index (χ2n) is 5.37. The molecule has 0 radical (unpaired) electrons. The van der Waals surface area contributed by atoms with E-state index in [1.54, 1.807) is 6.07 Å². The highest BCUT2D eigenvalue weighted by atomic mass is 19.1. The number of benzene rings is 1. The Morgan fingerprint density at radius 3 is 3.20 bits per heavy atom. The van der Waals surface area contributed by atoms with Crippen molar-refractivity contribution in [2.45, 2.75) is 31.4 Å². The fourth-order valence-corrected chi connectivity index (χ4v) is 3.10. The van der Waals surface area contributed by atoms with Gasteiger partial charge in [0.05, 0.1) is 6.04 Å². The van der Waals surface area contributed by atoms with Crippen molar-refractivity contribution in [3.63, 3.8) is 0 Å². The number of ether oxygens (including phenoxy) is 1. The first-order valence-electron chi connectivity index (χ1n) is 6.84. The Balaban J connectivity index is 1.66. The van der Waals surface area contributed by atoms with Gasteiger partial charge in [0, 0.05) is 18.5 Å². The standard InChI is InChI=1S/C14H18FN3O2/c15-10-3-4-13-9(6-10)7-11(20-13)8-18-5-1-2-12(18)14(16)17-19/h3-4,6,11-12,19H,1-2,5,7-8H2,(H2,16,17). The molecule has 2 aliphatic heterocycles. The van der Waals surface area contributed by atoms with E-state index in [0.29, 0.717) is 13.0 Å². The molecule has 0 saturated carbocycles. The Morgan fingerprint density at radius 1 is 1.55 bits per heavy atom. The van der Waals surface area contributed by atoms with Crippen molar-refractivity contribution in [3.05, 3.63) is 29.6 Å². The summed E-state index contributed by atoms with van der Waals surface area (Å²) >= 11 is 0. The van der Waals surface area contributed by atoms with Gasteiger partial charge in [-0.2, -0.15) is 0 Å². The zero-order chi connectivity index (χ0) is 14.1. The van der Waals surface area contributed by atoms with Gasteiger partial charge in [-0.3, -0.25) is 4.90 Å². The van der Waals surface area contributed by atoms with E-state index in [1.807, 2.05) is 0 Å². The smallest absolute Gasteiger partial charge is 0.156 e. The normalized spacial score (nSPS) is 26.6. The number of halogens is 1. The number of likely N-dealkylation sites (tertiary alicyclic amines) is 1. The topological polar surface area (TPSA) is 71.1 Å². The summed E-state index contributed by atoms with van der Waals surface area (Å²) in [5.41, 5.74) is 6.63. The maximum absolute atomic E-state index is 13.2. The van der Waals surface area contributed by atoms with E-state index < -0.39 is 0 Å². The second kappa shape index (κ2) is 5.28. The highest BCUT2D eigenvalue weighted by Crippen LogP contribution is 2.30. The van der Waals surface area contributed by atoms with E-state index in [1.165, 1.54) is 12.1 Å². The maximum Gasteiger partial charge on any atom is 0.156 e. The monoisotopic (exact) mass is 279 g/mol. The summed E-state index contributed by atoms with van der Waals surface area (Å²) in [7, 11) is 0. The molecule has 2 aliphatic rings.